The number of carbonyl (C=O) groups excluding carboxylic acids is 1. The molecule has 0 bridgehead atoms. The number of aryl methyl sites for hydroxylation is 1. The first-order valence-corrected chi connectivity index (χ1v) is 12.5. The minimum absolute atomic E-state index is 0.117. The number of hydrogen-bond acceptors (Lipinski definition) is 6. The zero-order valence-electron chi connectivity index (χ0n) is 20.7. The number of rotatable bonds is 7. The summed E-state index contributed by atoms with van der Waals surface area (Å²) < 4.78 is 24.6. The highest BCUT2D eigenvalue weighted by atomic mass is 16.7. The van der Waals surface area contributed by atoms with Crippen LogP contribution in [0.4, 0.5) is 0 Å². The van der Waals surface area contributed by atoms with Gasteiger partial charge in [0.1, 0.15) is 18.0 Å². The van der Waals surface area contributed by atoms with Gasteiger partial charge in [0.05, 0.1) is 5.69 Å². The van der Waals surface area contributed by atoms with Gasteiger partial charge in [0.2, 0.25) is 6.79 Å². The number of hydrogen-bond donors (Lipinski definition) is 1. The van der Waals surface area contributed by atoms with Gasteiger partial charge in [0.25, 0.3) is 5.91 Å². The van der Waals surface area contributed by atoms with Crippen molar-refractivity contribution in [3.05, 3.63) is 89.4 Å². The Hall–Kier alpha value is -4.04. The summed E-state index contributed by atoms with van der Waals surface area (Å²) in [5.41, 5.74) is 4.40. The molecule has 1 fully saturated rings. The van der Waals surface area contributed by atoms with Crippen molar-refractivity contribution in [1.82, 2.24) is 14.7 Å². The number of pyridine rings is 1. The number of ether oxygens (including phenoxy) is 4. The molecule has 6 rings (SSSR count). The van der Waals surface area contributed by atoms with E-state index in [0.29, 0.717) is 37.7 Å². The van der Waals surface area contributed by atoms with Crippen LogP contribution in [-0.4, -0.2) is 41.8 Å². The quantitative estimate of drug-likeness (QED) is 0.405. The molecule has 4 heterocycles. The molecule has 2 aromatic heterocycles. The molecule has 0 aliphatic carbocycles. The van der Waals surface area contributed by atoms with E-state index < -0.39 is 0 Å². The van der Waals surface area contributed by atoms with E-state index in [-0.39, 0.29) is 18.1 Å². The second-order valence-corrected chi connectivity index (χ2v) is 9.66. The number of imidazole rings is 1. The van der Waals surface area contributed by atoms with Crippen LogP contribution in [0.15, 0.2) is 67.0 Å². The van der Waals surface area contributed by atoms with Crippen molar-refractivity contribution in [2.75, 3.05) is 26.6 Å². The molecular formula is C29H29N3O5. The molecule has 0 spiro atoms. The normalized spacial score (nSPS) is 16.0. The lowest BCUT2D eigenvalue weighted by Gasteiger charge is -2.38. The van der Waals surface area contributed by atoms with Crippen LogP contribution < -0.4 is 19.5 Å². The third-order valence-electron chi connectivity index (χ3n) is 7.17. The molecule has 0 atom stereocenters. The summed E-state index contributed by atoms with van der Waals surface area (Å²) in [6, 6.07) is 17.3. The Morgan fingerprint density at radius 2 is 1.84 bits per heavy atom. The lowest BCUT2D eigenvalue weighted by molar-refractivity contribution is 0.0486. The Labute approximate surface area is 215 Å². The van der Waals surface area contributed by atoms with Crippen LogP contribution in [0.1, 0.15) is 40.0 Å². The fourth-order valence-electron chi connectivity index (χ4n) is 4.99. The van der Waals surface area contributed by atoms with Crippen molar-refractivity contribution in [3.8, 4) is 17.2 Å². The van der Waals surface area contributed by atoms with Gasteiger partial charge in [-0.1, -0.05) is 12.1 Å². The van der Waals surface area contributed by atoms with Crippen LogP contribution in [0.3, 0.4) is 0 Å². The highest BCUT2D eigenvalue weighted by Crippen LogP contribution is 2.40. The summed E-state index contributed by atoms with van der Waals surface area (Å²) in [6.45, 7) is 4.47. The first kappa shape index (κ1) is 23.4. The van der Waals surface area contributed by atoms with E-state index in [4.69, 9.17) is 18.9 Å². The van der Waals surface area contributed by atoms with Gasteiger partial charge >= 0.3 is 0 Å². The Morgan fingerprint density at radius 1 is 1.03 bits per heavy atom. The monoisotopic (exact) mass is 499 g/mol. The first-order valence-electron chi connectivity index (χ1n) is 12.5. The molecule has 37 heavy (non-hydrogen) atoms. The maximum atomic E-state index is 13.0. The number of benzene rings is 2. The zero-order valence-corrected chi connectivity index (χ0v) is 20.7. The smallest absolute Gasteiger partial charge is 0.251 e. The van der Waals surface area contributed by atoms with Gasteiger partial charge in [-0.3, -0.25) is 4.79 Å². The Balaban J connectivity index is 1.09. The van der Waals surface area contributed by atoms with Crippen LogP contribution in [0.5, 0.6) is 17.2 Å². The summed E-state index contributed by atoms with van der Waals surface area (Å²) in [5.74, 6) is 2.08. The topological polar surface area (TPSA) is 83.3 Å². The number of amides is 1. The predicted molar refractivity (Wildman–Crippen MR) is 137 cm³/mol. The summed E-state index contributed by atoms with van der Waals surface area (Å²) in [7, 11) is 0. The van der Waals surface area contributed by atoms with E-state index in [1.165, 1.54) is 5.56 Å². The van der Waals surface area contributed by atoms with E-state index >= 15 is 0 Å². The largest absolute Gasteiger partial charge is 0.487 e. The molecule has 4 aromatic rings. The zero-order chi connectivity index (χ0) is 25.2. The SMILES string of the molecule is Cc1ccc2nc(COc3ccc(C(=O)NCC4(c5ccc6c(c5)OCO6)CCOCC4)cc3)cn2c1. The van der Waals surface area contributed by atoms with Gasteiger partial charge in [-0.15, -0.1) is 0 Å². The number of nitrogens with zero attached hydrogens (tertiary/aromatic N) is 2. The molecule has 1 amide bonds. The fraction of sp³-hybridized carbons (Fsp3) is 0.310. The van der Waals surface area contributed by atoms with Crippen LogP contribution in [0.25, 0.3) is 5.65 Å². The van der Waals surface area contributed by atoms with Gasteiger partial charge in [0.15, 0.2) is 11.5 Å². The van der Waals surface area contributed by atoms with Crippen molar-refractivity contribution >= 4 is 11.6 Å². The van der Waals surface area contributed by atoms with Gasteiger partial charge in [-0.05, 0) is 73.4 Å². The lowest BCUT2D eigenvalue weighted by atomic mass is 9.74. The molecule has 2 aliphatic rings. The minimum Gasteiger partial charge on any atom is -0.487 e. The number of carbonyl (C=O) groups is 1. The third-order valence-corrected chi connectivity index (χ3v) is 7.17. The molecule has 2 aliphatic heterocycles. The van der Waals surface area contributed by atoms with E-state index in [9.17, 15) is 4.79 Å². The molecule has 0 saturated carbocycles. The fourth-order valence-corrected chi connectivity index (χ4v) is 4.99. The van der Waals surface area contributed by atoms with Crippen molar-refractivity contribution < 1.29 is 23.7 Å². The van der Waals surface area contributed by atoms with E-state index in [2.05, 4.69) is 16.4 Å². The van der Waals surface area contributed by atoms with Crippen molar-refractivity contribution in [2.45, 2.75) is 31.8 Å². The summed E-state index contributed by atoms with van der Waals surface area (Å²) >= 11 is 0. The minimum atomic E-state index is -0.218. The van der Waals surface area contributed by atoms with Crippen molar-refractivity contribution in [3.63, 3.8) is 0 Å². The van der Waals surface area contributed by atoms with Crippen molar-refractivity contribution in [1.29, 1.82) is 0 Å². The van der Waals surface area contributed by atoms with Crippen LogP contribution in [-0.2, 0) is 16.8 Å². The van der Waals surface area contributed by atoms with Gasteiger partial charge in [-0.2, -0.15) is 0 Å². The second kappa shape index (κ2) is 9.78. The van der Waals surface area contributed by atoms with Crippen molar-refractivity contribution in [2.24, 2.45) is 0 Å². The molecular weight excluding hydrogens is 470 g/mol. The van der Waals surface area contributed by atoms with Gasteiger partial charge in [0, 0.05) is 43.1 Å². The summed E-state index contributed by atoms with van der Waals surface area (Å²) in [5, 5.41) is 3.15. The molecule has 2 aromatic carbocycles. The standard InChI is InChI=1S/C29H29N3O5/c1-20-2-9-27-31-23(16-32(27)15-20)17-35-24-6-3-21(4-7-24)28(33)30-18-29(10-12-34-13-11-29)22-5-8-25-26(14-22)37-19-36-25/h2-9,14-16H,10-13,17-19H2,1H3,(H,30,33). The average Bonchev–Trinajstić information content (AvgIpc) is 3.57. The second-order valence-electron chi connectivity index (χ2n) is 9.66. The van der Waals surface area contributed by atoms with Crippen LogP contribution >= 0.6 is 0 Å². The molecule has 8 heteroatoms. The highest BCUT2D eigenvalue weighted by molar-refractivity contribution is 5.94. The molecule has 1 saturated heterocycles. The molecule has 8 nitrogen and oxygen atoms in total. The molecule has 190 valence electrons. The number of nitrogens with one attached hydrogen (secondary N) is 1. The Bertz CT molecular complexity index is 1420. The lowest BCUT2D eigenvalue weighted by Crippen LogP contribution is -2.44. The molecule has 0 unspecified atom stereocenters. The van der Waals surface area contributed by atoms with Crippen LogP contribution in [0, 0.1) is 6.92 Å². The third kappa shape index (κ3) is 4.84. The summed E-state index contributed by atoms with van der Waals surface area (Å²) in [4.78, 5) is 17.6. The average molecular weight is 500 g/mol. The first-order chi connectivity index (χ1) is 18.1. The number of aromatic nitrogens is 2. The molecule has 0 radical (unpaired) electrons. The van der Waals surface area contributed by atoms with E-state index in [1.807, 2.05) is 60.1 Å². The molecule has 1 N–H and O–H groups in total. The predicted octanol–water partition coefficient (Wildman–Crippen LogP) is 4.43. The summed E-state index contributed by atoms with van der Waals surface area (Å²) in [6.07, 6.45) is 5.65. The maximum Gasteiger partial charge on any atom is 0.251 e. The highest BCUT2D eigenvalue weighted by Gasteiger charge is 2.36. The Morgan fingerprint density at radius 3 is 2.68 bits per heavy atom. The number of fused-ring (bicyclic) bond motifs is 2. The Kier molecular flexibility index (Phi) is 6.18. The van der Waals surface area contributed by atoms with Crippen LogP contribution in [0.2, 0.25) is 0 Å². The van der Waals surface area contributed by atoms with Gasteiger partial charge < -0.3 is 28.7 Å². The van der Waals surface area contributed by atoms with Gasteiger partial charge in [-0.25, -0.2) is 4.98 Å². The van der Waals surface area contributed by atoms with E-state index in [1.54, 1.807) is 12.1 Å². The maximum absolute atomic E-state index is 13.0. The van der Waals surface area contributed by atoms with E-state index in [0.717, 1.165) is 41.2 Å².